The summed E-state index contributed by atoms with van der Waals surface area (Å²) in [6, 6.07) is 8.67. The first-order valence-electron chi connectivity index (χ1n) is 5.85. The summed E-state index contributed by atoms with van der Waals surface area (Å²) in [7, 11) is 1.73. The maximum absolute atomic E-state index is 5.91. The summed E-state index contributed by atoms with van der Waals surface area (Å²) >= 11 is 1.94. The van der Waals surface area contributed by atoms with Crippen LogP contribution in [0.3, 0.4) is 0 Å². The van der Waals surface area contributed by atoms with Crippen molar-refractivity contribution in [2.45, 2.75) is 41.9 Å². The average Bonchev–Trinajstić information content (AvgIpc) is 2.33. The Hall–Kier alpha value is -0.670. The molecule has 1 aliphatic carbocycles. The molecule has 0 bridgehead atoms. The third kappa shape index (κ3) is 2.92. The van der Waals surface area contributed by atoms with Crippen LogP contribution in [0, 0.1) is 0 Å². The molecule has 16 heavy (non-hydrogen) atoms. The molecule has 0 spiro atoms. The Bertz CT molecular complexity index is 334. The molecule has 0 unspecified atom stereocenters. The van der Waals surface area contributed by atoms with Crippen LogP contribution >= 0.6 is 11.8 Å². The second-order valence-corrected chi connectivity index (χ2v) is 5.65. The average molecular weight is 237 g/mol. The van der Waals surface area contributed by atoms with E-state index >= 15 is 0 Å². The van der Waals surface area contributed by atoms with E-state index in [0.717, 1.165) is 18.6 Å². The van der Waals surface area contributed by atoms with Crippen molar-refractivity contribution in [1.82, 2.24) is 0 Å². The van der Waals surface area contributed by atoms with Crippen molar-refractivity contribution in [3.8, 4) is 5.75 Å². The zero-order valence-electron chi connectivity index (χ0n) is 9.69. The van der Waals surface area contributed by atoms with Gasteiger partial charge in [-0.3, -0.25) is 0 Å². The summed E-state index contributed by atoms with van der Waals surface area (Å²) in [5, 5.41) is 0.705. The van der Waals surface area contributed by atoms with E-state index in [1.54, 1.807) is 7.11 Å². The van der Waals surface area contributed by atoms with Crippen LogP contribution in [0.1, 0.15) is 25.7 Å². The minimum absolute atomic E-state index is 0.425. The van der Waals surface area contributed by atoms with E-state index in [2.05, 4.69) is 12.1 Å². The molecule has 0 aromatic heterocycles. The fourth-order valence-electron chi connectivity index (χ4n) is 2.10. The molecule has 0 aliphatic heterocycles. The molecule has 3 heteroatoms. The Morgan fingerprint density at radius 2 is 1.88 bits per heavy atom. The van der Waals surface area contributed by atoms with Crippen molar-refractivity contribution in [3.63, 3.8) is 0 Å². The molecule has 2 nitrogen and oxygen atoms in total. The number of methoxy groups -OCH3 is 1. The van der Waals surface area contributed by atoms with Crippen molar-refractivity contribution in [3.05, 3.63) is 24.3 Å². The summed E-state index contributed by atoms with van der Waals surface area (Å²) < 4.78 is 5.36. The summed E-state index contributed by atoms with van der Waals surface area (Å²) in [6.07, 6.45) is 4.77. The normalized spacial score (nSPS) is 25.4. The molecule has 1 fully saturated rings. The number of benzene rings is 1. The molecule has 1 aliphatic rings. The van der Waals surface area contributed by atoms with E-state index in [1.165, 1.54) is 17.7 Å². The Labute approximate surface area is 102 Å². The Morgan fingerprint density at radius 3 is 2.56 bits per heavy atom. The molecular formula is C13H19NOS. The van der Waals surface area contributed by atoms with E-state index < -0.39 is 0 Å². The second-order valence-electron chi connectivity index (χ2n) is 4.31. The maximum Gasteiger partial charge on any atom is 0.132 e. The van der Waals surface area contributed by atoms with Gasteiger partial charge in [-0.25, -0.2) is 0 Å². The highest BCUT2D eigenvalue weighted by atomic mass is 32.2. The van der Waals surface area contributed by atoms with Crippen molar-refractivity contribution < 1.29 is 4.74 Å². The maximum atomic E-state index is 5.91. The van der Waals surface area contributed by atoms with Gasteiger partial charge in [-0.15, -0.1) is 11.8 Å². The fraction of sp³-hybridized carbons (Fsp3) is 0.538. The van der Waals surface area contributed by atoms with Crippen LogP contribution in [0.25, 0.3) is 0 Å². The molecule has 2 rings (SSSR count). The van der Waals surface area contributed by atoms with Gasteiger partial charge in [-0.2, -0.15) is 0 Å². The number of thioether (sulfide) groups is 1. The zero-order valence-corrected chi connectivity index (χ0v) is 10.5. The summed E-state index contributed by atoms with van der Waals surface area (Å²) in [5.41, 5.74) is 5.91. The fourth-order valence-corrected chi connectivity index (χ4v) is 3.39. The van der Waals surface area contributed by atoms with Gasteiger partial charge < -0.3 is 10.5 Å². The van der Waals surface area contributed by atoms with Crippen molar-refractivity contribution in [2.75, 3.05) is 7.11 Å². The van der Waals surface area contributed by atoms with E-state index in [0.29, 0.717) is 11.3 Å². The second kappa shape index (κ2) is 5.60. The van der Waals surface area contributed by atoms with Gasteiger partial charge in [-0.05, 0) is 37.8 Å². The minimum atomic E-state index is 0.425. The predicted molar refractivity (Wildman–Crippen MR) is 69.1 cm³/mol. The van der Waals surface area contributed by atoms with Gasteiger partial charge >= 0.3 is 0 Å². The lowest BCUT2D eigenvalue weighted by Gasteiger charge is -2.25. The molecule has 88 valence electrons. The third-order valence-corrected chi connectivity index (χ3v) is 4.48. The van der Waals surface area contributed by atoms with Gasteiger partial charge in [0.2, 0.25) is 0 Å². The summed E-state index contributed by atoms with van der Waals surface area (Å²) in [6.45, 7) is 0. The van der Waals surface area contributed by atoms with Gasteiger partial charge in [0.25, 0.3) is 0 Å². The molecule has 0 saturated heterocycles. The SMILES string of the molecule is COc1ccccc1SC1CCC(N)CC1. The van der Waals surface area contributed by atoms with E-state index in [9.17, 15) is 0 Å². The first-order chi connectivity index (χ1) is 7.79. The van der Waals surface area contributed by atoms with Gasteiger partial charge in [0, 0.05) is 16.2 Å². The molecule has 0 radical (unpaired) electrons. The van der Waals surface area contributed by atoms with Crippen LogP contribution < -0.4 is 10.5 Å². The van der Waals surface area contributed by atoms with E-state index in [4.69, 9.17) is 10.5 Å². The Kier molecular flexibility index (Phi) is 4.13. The highest BCUT2D eigenvalue weighted by Gasteiger charge is 2.20. The number of para-hydroxylation sites is 1. The van der Waals surface area contributed by atoms with Crippen molar-refractivity contribution in [2.24, 2.45) is 5.73 Å². The Morgan fingerprint density at radius 1 is 1.19 bits per heavy atom. The molecule has 0 amide bonds. The van der Waals surface area contributed by atoms with Gasteiger partial charge in [-0.1, -0.05) is 12.1 Å². The lowest BCUT2D eigenvalue weighted by Crippen LogP contribution is -2.27. The first-order valence-corrected chi connectivity index (χ1v) is 6.73. The number of hydrogen-bond acceptors (Lipinski definition) is 3. The van der Waals surface area contributed by atoms with Crippen LogP contribution in [0.5, 0.6) is 5.75 Å². The summed E-state index contributed by atoms with van der Waals surface area (Å²) in [5.74, 6) is 0.988. The minimum Gasteiger partial charge on any atom is -0.496 e. The van der Waals surface area contributed by atoms with Crippen molar-refractivity contribution in [1.29, 1.82) is 0 Å². The summed E-state index contributed by atoms with van der Waals surface area (Å²) in [4.78, 5) is 1.26. The van der Waals surface area contributed by atoms with Crippen LogP contribution in [0.2, 0.25) is 0 Å². The molecule has 0 atom stereocenters. The molecule has 1 aromatic rings. The number of hydrogen-bond donors (Lipinski definition) is 1. The molecule has 0 heterocycles. The first kappa shape index (κ1) is 11.8. The topological polar surface area (TPSA) is 35.2 Å². The number of rotatable bonds is 3. The lowest BCUT2D eigenvalue weighted by atomic mass is 9.96. The molecule has 2 N–H and O–H groups in total. The van der Waals surface area contributed by atoms with Crippen molar-refractivity contribution >= 4 is 11.8 Å². The lowest BCUT2D eigenvalue weighted by molar-refractivity contribution is 0.404. The van der Waals surface area contributed by atoms with Crippen LogP contribution in [0.4, 0.5) is 0 Å². The highest BCUT2D eigenvalue weighted by Crippen LogP contribution is 2.37. The van der Waals surface area contributed by atoms with Gasteiger partial charge in [0.15, 0.2) is 0 Å². The smallest absolute Gasteiger partial charge is 0.132 e. The predicted octanol–water partition coefficient (Wildman–Crippen LogP) is 3.06. The van der Waals surface area contributed by atoms with Gasteiger partial charge in [0.1, 0.15) is 5.75 Å². The number of nitrogens with two attached hydrogens (primary N) is 1. The van der Waals surface area contributed by atoms with Crippen LogP contribution in [-0.2, 0) is 0 Å². The number of ether oxygens (including phenoxy) is 1. The third-order valence-electron chi connectivity index (χ3n) is 3.08. The van der Waals surface area contributed by atoms with Gasteiger partial charge in [0.05, 0.1) is 7.11 Å². The van der Waals surface area contributed by atoms with Crippen LogP contribution in [0.15, 0.2) is 29.2 Å². The quantitative estimate of drug-likeness (QED) is 0.877. The molecular weight excluding hydrogens is 218 g/mol. The van der Waals surface area contributed by atoms with Crippen LogP contribution in [-0.4, -0.2) is 18.4 Å². The molecule has 1 saturated carbocycles. The van der Waals surface area contributed by atoms with E-state index in [-0.39, 0.29) is 0 Å². The molecule has 1 aromatic carbocycles. The zero-order chi connectivity index (χ0) is 11.4. The van der Waals surface area contributed by atoms with E-state index in [1.807, 2.05) is 23.9 Å². The monoisotopic (exact) mass is 237 g/mol. The largest absolute Gasteiger partial charge is 0.496 e. The Balaban J connectivity index is 1.98. The standard InChI is InChI=1S/C13H19NOS/c1-15-12-4-2-3-5-13(12)16-11-8-6-10(14)7-9-11/h2-5,10-11H,6-9,14H2,1H3. The highest BCUT2D eigenvalue weighted by molar-refractivity contribution is 8.00.